The summed E-state index contributed by atoms with van der Waals surface area (Å²) >= 11 is 9.72. The first-order chi connectivity index (χ1) is 16.8. The van der Waals surface area contributed by atoms with Crippen LogP contribution in [0.5, 0.6) is 11.5 Å². The van der Waals surface area contributed by atoms with Crippen molar-refractivity contribution in [3.05, 3.63) is 86.3 Å². The number of amides is 2. The van der Waals surface area contributed by atoms with Gasteiger partial charge >= 0.3 is 11.8 Å². The van der Waals surface area contributed by atoms with E-state index in [0.29, 0.717) is 38.9 Å². The first kappa shape index (κ1) is 26.2. The molecule has 35 heavy (non-hydrogen) atoms. The van der Waals surface area contributed by atoms with Crippen LogP contribution in [-0.4, -0.2) is 24.6 Å². The molecule has 0 aliphatic rings. The van der Waals surface area contributed by atoms with Crippen molar-refractivity contribution in [2.45, 2.75) is 27.4 Å². The number of aryl methyl sites for hydroxylation is 2. The van der Waals surface area contributed by atoms with E-state index in [-0.39, 0.29) is 6.61 Å². The highest BCUT2D eigenvalue weighted by molar-refractivity contribution is 9.10. The van der Waals surface area contributed by atoms with E-state index in [4.69, 9.17) is 21.1 Å². The average Bonchev–Trinajstić information content (AvgIpc) is 2.79. The van der Waals surface area contributed by atoms with Gasteiger partial charge in [-0.05, 0) is 83.7 Å². The number of ether oxygens (including phenoxy) is 2. The number of halogens is 2. The maximum Gasteiger partial charge on any atom is 0.329 e. The molecule has 0 radical (unpaired) electrons. The number of nitrogens with one attached hydrogen (secondary N) is 2. The summed E-state index contributed by atoms with van der Waals surface area (Å²) < 4.78 is 12.3. The second-order valence-electron chi connectivity index (χ2n) is 7.67. The van der Waals surface area contributed by atoms with Crippen molar-refractivity contribution in [3.63, 3.8) is 0 Å². The van der Waals surface area contributed by atoms with Gasteiger partial charge < -0.3 is 14.8 Å². The molecule has 0 aliphatic heterocycles. The minimum Gasteiger partial charge on any atom is -0.490 e. The lowest BCUT2D eigenvalue weighted by Gasteiger charge is -2.15. The molecule has 0 heterocycles. The number of carbonyl (C=O) groups is 2. The summed E-state index contributed by atoms with van der Waals surface area (Å²) in [4.78, 5) is 24.3. The molecule has 182 valence electrons. The molecule has 0 atom stereocenters. The lowest BCUT2D eigenvalue weighted by atomic mass is 10.1. The standard InChI is InChI=1S/C26H25BrClN3O4/c1-4-34-23-13-18(12-21(27)24(23)35-15-19-7-5-6-8-22(19)28)14-29-31-26(33)25(32)30-20-10-16(2)9-17(3)11-20/h5-14H,4,15H2,1-3H3,(H,30,32)(H,31,33). The molecule has 0 aliphatic carbocycles. The average molecular weight is 559 g/mol. The molecule has 0 saturated carbocycles. The van der Waals surface area contributed by atoms with Gasteiger partial charge in [0.15, 0.2) is 11.5 Å². The van der Waals surface area contributed by atoms with Gasteiger partial charge in [0.05, 0.1) is 17.3 Å². The van der Waals surface area contributed by atoms with Gasteiger partial charge in [0, 0.05) is 16.3 Å². The Hall–Kier alpha value is -3.36. The number of nitrogens with zero attached hydrogens (tertiary/aromatic N) is 1. The fraction of sp³-hybridized carbons (Fsp3) is 0.192. The molecule has 0 spiro atoms. The first-order valence-electron chi connectivity index (χ1n) is 10.8. The number of anilines is 1. The highest BCUT2D eigenvalue weighted by Gasteiger charge is 2.15. The van der Waals surface area contributed by atoms with Crippen molar-refractivity contribution >= 4 is 51.2 Å². The fourth-order valence-corrected chi connectivity index (χ4v) is 4.05. The molecular weight excluding hydrogens is 534 g/mol. The molecule has 0 fully saturated rings. The molecule has 9 heteroatoms. The molecule has 0 unspecified atom stereocenters. The number of benzene rings is 3. The summed E-state index contributed by atoms with van der Waals surface area (Å²) in [6, 6.07) is 16.4. The van der Waals surface area contributed by atoms with E-state index in [1.165, 1.54) is 6.21 Å². The number of hydrogen-bond acceptors (Lipinski definition) is 5. The van der Waals surface area contributed by atoms with Crippen LogP contribution in [0.2, 0.25) is 5.02 Å². The Kier molecular flexibility index (Phi) is 9.28. The molecule has 3 rings (SSSR count). The summed E-state index contributed by atoms with van der Waals surface area (Å²) in [6.07, 6.45) is 1.41. The van der Waals surface area contributed by atoms with E-state index in [9.17, 15) is 9.59 Å². The molecule has 7 nitrogen and oxygen atoms in total. The monoisotopic (exact) mass is 557 g/mol. The third kappa shape index (κ3) is 7.56. The van der Waals surface area contributed by atoms with Gasteiger partial charge in [-0.15, -0.1) is 0 Å². The Labute approximate surface area is 217 Å². The number of hydrogen-bond donors (Lipinski definition) is 2. The third-order valence-corrected chi connectivity index (χ3v) is 5.68. The van der Waals surface area contributed by atoms with E-state index >= 15 is 0 Å². The lowest BCUT2D eigenvalue weighted by Crippen LogP contribution is -2.32. The normalized spacial score (nSPS) is 10.8. The van der Waals surface area contributed by atoms with Crippen LogP contribution in [0.4, 0.5) is 5.69 Å². The Morgan fingerprint density at radius 2 is 1.74 bits per heavy atom. The fourth-order valence-electron chi connectivity index (χ4n) is 3.28. The zero-order chi connectivity index (χ0) is 25.4. The Morgan fingerprint density at radius 3 is 2.43 bits per heavy atom. The maximum atomic E-state index is 12.2. The van der Waals surface area contributed by atoms with Gasteiger partial charge in [-0.2, -0.15) is 5.10 Å². The van der Waals surface area contributed by atoms with Gasteiger partial charge in [-0.3, -0.25) is 9.59 Å². The first-order valence-corrected chi connectivity index (χ1v) is 12.0. The van der Waals surface area contributed by atoms with E-state index in [2.05, 4.69) is 31.8 Å². The zero-order valence-electron chi connectivity index (χ0n) is 19.5. The summed E-state index contributed by atoms with van der Waals surface area (Å²) in [5.41, 5.74) is 6.21. The van der Waals surface area contributed by atoms with Crippen molar-refractivity contribution in [2.24, 2.45) is 5.10 Å². The van der Waals surface area contributed by atoms with Crippen molar-refractivity contribution in [1.29, 1.82) is 0 Å². The Morgan fingerprint density at radius 1 is 1.03 bits per heavy atom. The summed E-state index contributed by atoms with van der Waals surface area (Å²) in [5, 5.41) is 7.08. The van der Waals surface area contributed by atoms with Crippen LogP contribution in [0.1, 0.15) is 29.2 Å². The van der Waals surface area contributed by atoms with Gasteiger partial charge in [0.2, 0.25) is 0 Å². The smallest absolute Gasteiger partial charge is 0.329 e. The predicted molar refractivity (Wildman–Crippen MR) is 141 cm³/mol. The van der Waals surface area contributed by atoms with E-state index in [1.54, 1.807) is 30.3 Å². The van der Waals surface area contributed by atoms with Crippen molar-refractivity contribution < 1.29 is 19.1 Å². The highest BCUT2D eigenvalue weighted by Crippen LogP contribution is 2.37. The Balaban J connectivity index is 1.66. The van der Waals surface area contributed by atoms with Crippen molar-refractivity contribution in [1.82, 2.24) is 5.43 Å². The molecule has 3 aromatic rings. The summed E-state index contributed by atoms with van der Waals surface area (Å²) in [7, 11) is 0. The summed E-state index contributed by atoms with van der Waals surface area (Å²) in [6.45, 7) is 6.37. The molecule has 2 amide bonds. The van der Waals surface area contributed by atoms with Gasteiger partial charge in [0.1, 0.15) is 6.61 Å². The SMILES string of the molecule is CCOc1cc(C=NNC(=O)C(=O)Nc2cc(C)cc(C)c2)cc(Br)c1OCc1ccccc1Cl. The van der Waals surface area contributed by atoms with E-state index in [0.717, 1.165) is 16.7 Å². The third-order valence-electron chi connectivity index (χ3n) is 4.73. The number of hydrazone groups is 1. The largest absolute Gasteiger partial charge is 0.490 e. The lowest BCUT2D eigenvalue weighted by molar-refractivity contribution is -0.136. The van der Waals surface area contributed by atoms with Crippen LogP contribution in [-0.2, 0) is 16.2 Å². The van der Waals surface area contributed by atoms with Crippen LogP contribution in [0.3, 0.4) is 0 Å². The van der Waals surface area contributed by atoms with E-state index < -0.39 is 11.8 Å². The Bertz CT molecular complexity index is 1240. The van der Waals surface area contributed by atoms with Crippen LogP contribution < -0.4 is 20.2 Å². The van der Waals surface area contributed by atoms with Crippen LogP contribution in [0.25, 0.3) is 0 Å². The topological polar surface area (TPSA) is 89.0 Å². The van der Waals surface area contributed by atoms with Crippen LogP contribution >= 0.6 is 27.5 Å². The van der Waals surface area contributed by atoms with Crippen molar-refractivity contribution in [3.8, 4) is 11.5 Å². The number of carbonyl (C=O) groups excluding carboxylic acids is 2. The highest BCUT2D eigenvalue weighted by atomic mass is 79.9. The van der Waals surface area contributed by atoms with Crippen LogP contribution in [0, 0.1) is 13.8 Å². The molecule has 0 bridgehead atoms. The van der Waals surface area contributed by atoms with Crippen LogP contribution in [0.15, 0.2) is 64.2 Å². The second kappa shape index (κ2) is 12.4. The second-order valence-corrected chi connectivity index (χ2v) is 8.93. The minimum atomic E-state index is -0.885. The van der Waals surface area contributed by atoms with Crippen molar-refractivity contribution in [2.75, 3.05) is 11.9 Å². The molecule has 3 aromatic carbocycles. The minimum absolute atomic E-state index is 0.261. The zero-order valence-corrected chi connectivity index (χ0v) is 21.9. The van der Waals surface area contributed by atoms with Gasteiger partial charge in [0.25, 0.3) is 0 Å². The molecule has 0 aromatic heterocycles. The molecule has 2 N–H and O–H groups in total. The molecule has 0 saturated heterocycles. The quantitative estimate of drug-likeness (QED) is 0.208. The maximum absolute atomic E-state index is 12.2. The predicted octanol–water partition coefficient (Wildman–Crippen LogP) is 5.79. The number of rotatable bonds is 8. The van der Waals surface area contributed by atoms with Gasteiger partial charge in [-0.1, -0.05) is 35.9 Å². The molecular formula is C26H25BrClN3O4. The van der Waals surface area contributed by atoms with E-state index in [1.807, 2.05) is 45.0 Å². The van der Waals surface area contributed by atoms with Gasteiger partial charge in [-0.25, -0.2) is 5.43 Å². The summed E-state index contributed by atoms with van der Waals surface area (Å²) in [5.74, 6) is -0.689.